The summed E-state index contributed by atoms with van der Waals surface area (Å²) in [5, 5.41) is 11.8. The van der Waals surface area contributed by atoms with Gasteiger partial charge in [0.1, 0.15) is 11.5 Å². The summed E-state index contributed by atoms with van der Waals surface area (Å²) in [5.41, 5.74) is 2.01. The van der Waals surface area contributed by atoms with Crippen LogP contribution < -0.4 is 10.9 Å². The topological polar surface area (TPSA) is 113 Å². The number of rotatable bonds is 4. The number of aromatic amines is 1. The van der Waals surface area contributed by atoms with E-state index in [1.165, 1.54) is 22.9 Å². The molecule has 6 rings (SSSR count). The fourth-order valence-corrected chi connectivity index (χ4v) is 4.88. The molecule has 35 heavy (non-hydrogen) atoms. The lowest BCUT2D eigenvalue weighted by Gasteiger charge is -2.18. The molecule has 2 amide bonds. The molecule has 0 spiro atoms. The summed E-state index contributed by atoms with van der Waals surface area (Å²) >= 11 is 0. The lowest BCUT2D eigenvalue weighted by molar-refractivity contribution is -0.128. The summed E-state index contributed by atoms with van der Waals surface area (Å²) in [7, 11) is 0. The van der Waals surface area contributed by atoms with E-state index in [1.54, 1.807) is 43.5 Å². The van der Waals surface area contributed by atoms with Crippen molar-refractivity contribution in [3.05, 3.63) is 76.5 Å². The molecule has 0 bridgehead atoms. The molecule has 2 N–H and O–H groups in total. The predicted molar refractivity (Wildman–Crippen MR) is 125 cm³/mol. The highest BCUT2D eigenvalue weighted by Crippen LogP contribution is 2.45. The molecule has 1 aliphatic carbocycles. The van der Waals surface area contributed by atoms with E-state index in [0.717, 1.165) is 0 Å². The Kier molecular flexibility index (Phi) is 4.77. The molecule has 0 radical (unpaired) electrons. The van der Waals surface area contributed by atoms with Crippen LogP contribution in [0.25, 0.3) is 27.8 Å². The highest BCUT2D eigenvalue weighted by molar-refractivity contribution is 5.95. The SMILES string of the molecule is CC(=O)N1CC2C(C1)C2NC(=O)c1ccc(-n2cc(-c3cc4cc(F)ccc4[nH]c3=O)nn2)cc1. The Morgan fingerprint density at radius 3 is 2.54 bits per heavy atom. The third kappa shape index (κ3) is 3.76. The lowest BCUT2D eigenvalue weighted by Crippen LogP contribution is -2.36. The van der Waals surface area contributed by atoms with Crippen LogP contribution in [0.1, 0.15) is 17.3 Å². The maximum atomic E-state index is 13.6. The fourth-order valence-electron chi connectivity index (χ4n) is 4.88. The zero-order valence-electron chi connectivity index (χ0n) is 18.7. The Labute approximate surface area is 198 Å². The van der Waals surface area contributed by atoms with Crippen LogP contribution in [-0.4, -0.2) is 55.8 Å². The molecule has 4 aromatic rings. The van der Waals surface area contributed by atoms with Gasteiger partial charge in [0, 0.05) is 54.4 Å². The Hall–Kier alpha value is -4.34. The zero-order chi connectivity index (χ0) is 24.3. The summed E-state index contributed by atoms with van der Waals surface area (Å²) in [4.78, 5) is 41.2. The number of H-pyrrole nitrogens is 1. The molecule has 3 heterocycles. The minimum absolute atomic E-state index is 0.0771. The molecule has 2 fully saturated rings. The van der Waals surface area contributed by atoms with Crippen molar-refractivity contribution >= 4 is 22.7 Å². The van der Waals surface area contributed by atoms with Crippen LogP contribution in [0.15, 0.2) is 59.5 Å². The molecule has 2 aromatic heterocycles. The van der Waals surface area contributed by atoms with Crippen LogP contribution in [0.2, 0.25) is 0 Å². The average Bonchev–Trinajstić information content (AvgIpc) is 3.23. The number of pyridine rings is 1. The summed E-state index contributed by atoms with van der Waals surface area (Å²) in [6.45, 7) is 2.97. The van der Waals surface area contributed by atoms with Crippen molar-refractivity contribution in [3.8, 4) is 16.9 Å². The number of nitrogens with one attached hydrogen (secondary N) is 2. The number of hydrogen-bond donors (Lipinski definition) is 2. The van der Waals surface area contributed by atoms with Gasteiger partial charge in [0.2, 0.25) is 5.91 Å². The Morgan fingerprint density at radius 2 is 1.83 bits per heavy atom. The van der Waals surface area contributed by atoms with Crippen LogP contribution in [0, 0.1) is 17.7 Å². The van der Waals surface area contributed by atoms with Crippen LogP contribution in [0.3, 0.4) is 0 Å². The number of hydrogen-bond acceptors (Lipinski definition) is 5. The smallest absolute Gasteiger partial charge is 0.258 e. The number of aromatic nitrogens is 4. The van der Waals surface area contributed by atoms with Gasteiger partial charge < -0.3 is 15.2 Å². The van der Waals surface area contributed by atoms with E-state index in [2.05, 4.69) is 20.6 Å². The molecule has 9 nitrogen and oxygen atoms in total. The molecular formula is C25H21FN6O3. The molecule has 2 aliphatic rings. The molecule has 2 unspecified atom stereocenters. The van der Waals surface area contributed by atoms with Crippen LogP contribution in [-0.2, 0) is 4.79 Å². The normalized spacial score (nSPS) is 20.6. The van der Waals surface area contributed by atoms with E-state index in [-0.39, 0.29) is 29.0 Å². The van der Waals surface area contributed by atoms with Gasteiger partial charge in [-0.15, -0.1) is 5.10 Å². The summed E-state index contributed by atoms with van der Waals surface area (Å²) in [6.07, 6.45) is 1.61. The van der Waals surface area contributed by atoms with E-state index in [4.69, 9.17) is 0 Å². The minimum atomic E-state index is -0.397. The number of amides is 2. The first-order valence-corrected chi connectivity index (χ1v) is 11.3. The standard InChI is InChI=1S/C25H21FN6O3/c1-13(33)31-10-19-20(11-31)23(19)28-24(34)14-2-5-17(6-3-14)32-12-22(29-30-32)18-9-15-8-16(26)4-7-21(15)27-25(18)35/h2-9,12,19-20,23H,10-11H2,1H3,(H,27,35)(H,28,34). The third-order valence-electron chi connectivity index (χ3n) is 6.91. The van der Waals surface area contributed by atoms with Gasteiger partial charge in [0.25, 0.3) is 11.5 Å². The van der Waals surface area contributed by atoms with Gasteiger partial charge in [-0.2, -0.15) is 0 Å². The lowest BCUT2D eigenvalue weighted by atomic mass is 10.1. The van der Waals surface area contributed by atoms with Gasteiger partial charge >= 0.3 is 0 Å². The number of likely N-dealkylation sites (tertiary alicyclic amines) is 1. The van der Waals surface area contributed by atoms with Crippen molar-refractivity contribution in [1.29, 1.82) is 0 Å². The summed E-state index contributed by atoms with van der Waals surface area (Å²) < 4.78 is 15.1. The number of halogens is 1. The molecule has 1 saturated heterocycles. The molecule has 2 atom stereocenters. The average molecular weight is 472 g/mol. The van der Waals surface area contributed by atoms with Gasteiger partial charge in [-0.3, -0.25) is 14.4 Å². The molecular weight excluding hydrogens is 451 g/mol. The van der Waals surface area contributed by atoms with Gasteiger partial charge in [0.05, 0.1) is 17.4 Å². The van der Waals surface area contributed by atoms with Crippen LogP contribution in [0.5, 0.6) is 0 Å². The third-order valence-corrected chi connectivity index (χ3v) is 6.91. The molecule has 176 valence electrons. The second-order valence-corrected chi connectivity index (χ2v) is 9.09. The highest BCUT2D eigenvalue weighted by Gasteiger charge is 2.57. The van der Waals surface area contributed by atoms with Crippen molar-refractivity contribution in [2.45, 2.75) is 13.0 Å². The molecule has 1 saturated carbocycles. The van der Waals surface area contributed by atoms with Crippen molar-refractivity contribution in [3.63, 3.8) is 0 Å². The van der Waals surface area contributed by atoms with E-state index < -0.39 is 5.82 Å². The monoisotopic (exact) mass is 472 g/mol. The second kappa shape index (κ2) is 7.86. The number of carbonyl (C=O) groups excluding carboxylic acids is 2. The maximum Gasteiger partial charge on any atom is 0.258 e. The van der Waals surface area contributed by atoms with Gasteiger partial charge in [-0.05, 0) is 48.5 Å². The van der Waals surface area contributed by atoms with E-state index in [0.29, 0.717) is 52.8 Å². The summed E-state index contributed by atoms with van der Waals surface area (Å²) in [5.74, 6) is 0.204. The van der Waals surface area contributed by atoms with Crippen molar-refractivity contribution in [2.24, 2.45) is 11.8 Å². The Bertz CT molecular complexity index is 1530. The minimum Gasteiger partial charge on any atom is -0.349 e. The van der Waals surface area contributed by atoms with E-state index >= 15 is 0 Å². The van der Waals surface area contributed by atoms with Crippen molar-refractivity contribution in [2.75, 3.05) is 13.1 Å². The first-order valence-electron chi connectivity index (χ1n) is 11.3. The fraction of sp³-hybridized carbons (Fsp3) is 0.240. The van der Waals surface area contributed by atoms with Gasteiger partial charge in [-0.1, -0.05) is 5.21 Å². The van der Waals surface area contributed by atoms with Crippen molar-refractivity contribution in [1.82, 2.24) is 30.2 Å². The van der Waals surface area contributed by atoms with E-state index in [9.17, 15) is 18.8 Å². The molecule has 2 aromatic carbocycles. The highest BCUT2D eigenvalue weighted by atomic mass is 19.1. The van der Waals surface area contributed by atoms with Gasteiger partial charge in [0.15, 0.2) is 0 Å². The summed E-state index contributed by atoms with van der Waals surface area (Å²) in [6, 6.07) is 12.8. The van der Waals surface area contributed by atoms with Crippen molar-refractivity contribution < 1.29 is 14.0 Å². The molecule has 1 aliphatic heterocycles. The van der Waals surface area contributed by atoms with Crippen LogP contribution >= 0.6 is 0 Å². The number of benzene rings is 2. The quantitative estimate of drug-likeness (QED) is 0.473. The predicted octanol–water partition coefficient (Wildman–Crippen LogP) is 2.12. The van der Waals surface area contributed by atoms with Gasteiger partial charge in [-0.25, -0.2) is 9.07 Å². The first kappa shape index (κ1) is 21.2. The zero-order valence-corrected chi connectivity index (χ0v) is 18.7. The number of nitrogens with zero attached hydrogens (tertiary/aromatic N) is 4. The maximum absolute atomic E-state index is 13.6. The van der Waals surface area contributed by atoms with Crippen LogP contribution in [0.4, 0.5) is 4.39 Å². The Balaban J connectivity index is 1.16. The number of fused-ring (bicyclic) bond motifs is 2. The second-order valence-electron chi connectivity index (χ2n) is 9.09. The largest absolute Gasteiger partial charge is 0.349 e. The van der Waals surface area contributed by atoms with E-state index in [1.807, 2.05) is 4.90 Å². The first-order chi connectivity index (χ1) is 16.9. The Morgan fingerprint density at radius 1 is 1.09 bits per heavy atom. The molecule has 10 heteroatoms. The number of carbonyl (C=O) groups is 2. The number of piperidine rings is 1.